The molecule has 0 bridgehead atoms. The molecule has 2 aromatic rings. The van der Waals surface area contributed by atoms with Crippen LogP contribution in [0.4, 0.5) is 0 Å². The van der Waals surface area contributed by atoms with Gasteiger partial charge < -0.3 is 19.1 Å². The highest BCUT2D eigenvalue weighted by Gasteiger charge is 2.21. The number of carbonyl (C=O) groups excluding carboxylic acids is 1. The quantitative estimate of drug-likeness (QED) is 0.714. The molecule has 1 aliphatic heterocycles. The number of benzene rings is 2. The Bertz CT molecular complexity index is 715. The van der Waals surface area contributed by atoms with Crippen LogP contribution in [0.5, 0.6) is 17.2 Å². The molecule has 0 N–H and O–H groups in total. The normalized spacial score (nSPS) is 14.6. The van der Waals surface area contributed by atoms with Crippen molar-refractivity contribution in [3.63, 3.8) is 0 Å². The summed E-state index contributed by atoms with van der Waals surface area (Å²) < 4.78 is 16.6. The van der Waals surface area contributed by atoms with Crippen LogP contribution in [0.15, 0.2) is 54.6 Å². The molecule has 0 radical (unpaired) electrons. The number of para-hydroxylation sites is 3. The van der Waals surface area contributed by atoms with Gasteiger partial charge in [-0.05, 0) is 24.3 Å². The second kappa shape index (κ2) is 9.83. The smallest absolute Gasteiger partial charge is 0.260 e. The highest BCUT2D eigenvalue weighted by Crippen LogP contribution is 2.25. The average Bonchev–Trinajstić information content (AvgIpc) is 2.73. The second-order valence-corrected chi connectivity index (χ2v) is 6.32. The molecule has 3 rings (SSSR count). The molecule has 1 heterocycles. The summed E-state index contributed by atoms with van der Waals surface area (Å²) in [6.45, 7) is 4.64. The lowest BCUT2D eigenvalue weighted by Gasteiger charge is -2.34. The number of rotatable bonds is 8. The summed E-state index contributed by atoms with van der Waals surface area (Å²) in [5, 5.41) is 0. The molecule has 0 unspecified atom stereocenters. The Hall–Kier alpha value is -2.73. The van der Waals surface area contributed by atoms with Crippen molar-refractivity contribution in [2.45, 2.75) is 0 Å². The Morgan fingerprint density at radius 3 is 2.26 bits per heavy atom. The number of nitrogens with zero attached hydrogens (tertiary/aromatic N) is 2. The first-order valence-electron chi connectivity index (χ1n) is 9.20. The van der Waals surface area contributed by atoms with E-state index in [0.717, 1.165) is 25.4 Å². The first-order chi connectivity index (χ1) is 13.3. The molecule has 1 fully saturated rings. The molecule has 1 aliphatic rings. The molecule has 144 valence electrons. The number of carbonyl (C=O) groups is 1. The maximum Gasteiger partial charge on any atom is 0.260 e. The third kappa shape index (κ3) is 5.62. The molecule has 27 heavy (non-hydrogen) atoms. The van der Waals surface area contributed by atoms with Crippen molar-refractivity contribution in [2.75, 3.05) is 53.0 Å². The monoisotopic (exact) mass is 370 g/mol. The molecule has 1 amide bonds. The molecule has 1 saturated heterocycles. The molecule has 0 atom stereocenters. The van der Waals surface area contributed by atoms with E-state index >= 15 is 0 Å². The van der Waals surface area contributed by atoms with E-state index in [4.69, 9.17) is 14.2 Å². The molecule has 6 heteroatoms. The average molecular weight is 370 g/mol. The standard InChI is InChI=1S/C21H26N2O4/c1-25-19-9-5-6-10-20(19)27-17-21(24)23-13-11-22(12-14-23)15-16-26-18-7-3-2-4-8-18/h2-10H,11-17H2,1H3. The molecule has 0 aliphatic carbocycles. The first kappa shape index (κ1) is 19.0. The second-order valence-electron chi connectivity index (χ2n) is 6.32. The minimum Gasteiger partial charge on any atom is -0.493 e. The van der Waals surface area contributed by atoms with Crippen LogP contribution in [0.1, 0.15) is 0 Å². The molecule has 6 nitrogen and oxygen atoms in total. The van der Waals surface area contributed by atoms with E-state index in [1.165, 1.54) is 0 Å². The Morgan fingerprint density at radius 2 is 1.56 bits per heavy atom. The van der Waals surface area contributed by atoms with Crippen molar-refractivity contribution in [1.29, 1.82) is 0 Å². The Labute approximate surface area is 160 Å². The number of piperazine rings is 1. The van der Waals surface area contributed by atoms with Crippen molar-refractivity contribution in [2.24, 2.45) is 0 Å². The largest absolute Gasteiger partial charge is 0.493 e. The number of amides is 1. The van der Waals surface area contributed by atoms with Crippen LogP contribution in [-0.2, 0) is 4.79 Å². The van der Waals surface area contributed by atoms with E-state index in [9.17, 15) is 4.79 Å². The zero-order chi connectivity index (χ0) is 18.9. The molecular weight excluding hydrogens is 344 g/mol. The van der Waals surface area contributed by atoms with Gasteiger partial charge in [-0.2, -0.15) is 0 Å². The van der Waals surface area contributed by atoms with Gasteiger partial charge in [-0.3, -0.25) is 9.69 Å². The number of ether oxygens (including phenoxy) is 3. The molecule has 2 aromatic carbocycles. The van der Waals surface area contributed by atoms with E-state index in [0.29, 0.717) is 31.2 Å². The fraction of sp³-hybridized carbons (Fsp3) is 0.381. The van der Waals surface area contributed by atoms with Crippen LogP contribution in [0.2, 0.25) is 0 Å². The SMILES string of the molecule is COc1ccccc1OCC(=O)N1CCN(CCOc2ccccc2)CC1. The van der Waals surface area contributed by atoms with Gasteiger partial charge in [0.05, 0.1) is 7.11 Å². The fourth-order valence-corrected chi connectivity index (χ4v) is 3.00. The highest BCUT2D eigenvalue weighted by molar-refractivity contribution is 5.78. The number of hydrogen-bond donors (Lipinski definition) is 0. The summed E-state index contributed by atoms with van der Waals surface area (Å²) in [4.78, 5) is 16.6. The summed E-state index contributed by atoms with van der Waals surface area (Å²) in [6, 6.07) is 17.2. The maximum atomic E-state index is 12.4. The van der Waals surface area contributed by atoms with Gasteiger partial charge in [-0.15, -0.1) is 0 Å². The van der Waals surface area contributed by atoms with E-state index < -0.39 is 0 Å². The van der Waals surface area contributed by atoms with Crippen molar-refractivity contribution < 1.29 is 19.0 Å². The van der Waals surface area contributed by atoms with Gasteiger partial charge in [0, 0.05) is 32.7 Å². The predicted octanol–water partition coefficient (Wildman–Crippen LogP) is 2.30. The van der Waals surface area contributed by atoms with Crippen LogP contribution in [0, 0.1) is 0 Å². The maximum absolute atomic E-state index is 12.4. The van der Waals surface area contributed by atoms with Crippen LogP contribution in [0.3, 0.4) is 0 Å². The molecular formula is C21H26N2O4. The summed E-state index contributed by atoms with van der Waals surface area (Å²) in [7, 11) is 1.59. The van der Waals surface area contributed by atoms with E-state index in [1.54, 1.807) is 13.2 Å². The molecule has 0 aromatic heterocycles. The first-order valence-corrected chi connectivity index (χ1v) is 9.20. The summed E-state index contributed by atoms with van der Waals surface area (Å²) in [6.07, 6.45) is 0. The molecule has 0 spiro atoms. The Balaban J connectivity index is 1.36. The lowest BCUT2D eigenvalue weighted by Crippen LogP contribution is -2.50. The van der Waals surface area contributed by atoms with Gasteiger partial charge in [-0.1, -0.05) is 30.3 Å². The van der Waals surface area contributed by atoms with Crippen molar-refractivity contribution >= 4 is 5.91 Å². The van der Waals surface area contributed by atoms with E-state index in [1.807, 2.05) is 53.4 Å². The predicted molar refractivity (Wildman–Crippen MR) is 103 cm³/mol. The van der Waals surface area contributed by atoms with Crippen molar-refractivity contribution in [3.8, 4) is 17.2 Å². The summed E-state index contributed by atoms with van der Waals surface area (Å²) in [5.74, 6) is 2.11. The van der Waals surface area contributed by atoms with E-state index in [2.05, 4.69) is 4.90 Å². The third-order valence-corrected chi connectivity index (χ3v) is 4.56. The Kier molecular flexibility index (Phi) is 6.93. The summed E-state index contributed by atoms with van der Waals surface area (Å²) >= 11 is 0. The Morgan fingerprint density at radius 1 is 0.889 bits per heavy atom. The lowest BCUT2D eigenvalue weighted by molar-refractivity contribution is -0.135. The van der Waals surface area contributed by atoms with Crippen LogP contribution in [0.25, 0.3) is 0 Å². The third-order valence-electron chi connectivity index (χ3n) is 4.56. The topological polar surface area (TPSA) is 51.2 Å². The van der Waals surface area contributed by atoms with Crippen molar-refractivity contribution in [1.82, 2.24) is 9.80 Å². The highest BCUT2D eigenvalue weighted by atomic mass is 16.5. The number of methoxy groups -OCH3 is 1. The van der Waals surface area contributed by atoms with Crippen LogP contribution >= 0.6 is 0 Å². The van der Waals surface area contributed by atoms with Crippen molar-refractivity contribution in [3.05, 3.63) is 54.6 Å². The van der Waals surface area contributed by atoms with E-state index in [-0.39, 0.29) is 12.5 Å². The van der Waals surface area contributed by atoms with Crippen LogP contribution in [-0.4, -0.2) is 68.8 Å². The minimum absolute atomic E-state index is 0.00101. The number of hydrogen-bond acceptors (Lipinski definition) is 5. The van der Waals surface area contributed by atoms with Crippen LogP contribution < -0.4 is 14.2 Å². The minimum atomic E-state index is 0.00101. The zero-order valence-electron chi connectivity index (χ0n) is 15.7. The fourth-order valence-electron chi connectivity index (χ4n) is 3.00. The van der Waals surface area contributed by atoms with Gasteiger partial charge in [0.25, 0.3) is 5.91 Å². The zero-order valence-corrected chi connectivity index (χ0v) is 15.7. The summed E-state index contributed by atoms with van der Waals surface area (Å²) in [5.41, 5.74) is 0. The van der Waals surface area contributed by atoms with Gasteiger partial charge >= 0.3 is 0 Å². The van der Waals surface area contributed by atoms with Gasteiger partial charge in [-0.25, -0.2) is 0 Å². The van der Waals surface area contributed by atoms with Gasteiger partial charge in [0.1, 0.15) is 12.4 Å². The van der Waals surface area contributed by atoms with Gasteiger partial charge in [0.2, 0.25) is 0 Å². The van der Waals surface area contributed by atoms with Gasteiger partial charge in [0.15, 0.2) is 18.1 Å². The lowest BCUT2D eigenvalue weighted by atomic mass is 10.3. The molecule has 0 saturated carbocycles.